The largest absolute Gasteiger partial charge is 0.344 e. The maximum Gasteiger partial charge on any atom is 0.170 e. The first-order valence-electron chi connectivity index (χ1n) is 3.98. The van der Waals surface area contributed by atoms with Crippen LogP contribution < -0.4 is 0 Å². The number of hydrogen-bond acceptors (Lipinski definition) is 2. The van der Waals surface area contributed by atoms with Gasteiger partial charge in [0.25, 0.3) is 0 Å². The van der Waals surface area contributed by atoms with E-state index in [1.54, 1.807) is 0 Å². The third-order valence-corrected chi connectivity index (χ3v) is 1.76. The molecule has 68 valence electrons. The van der Waals surface area contributed by atoms with Crippen molar-refractivity contribution in [1.29, 1.82) is 5.26 Å². The van der Waals surface area contributed by atoms with Crippen molar-refractivity contribution in [2.75, 3.05) is 0 Å². The topological polar surface area (TPSA) is 33.0 Å². The highest BCUT2D eigenvalue weighted by Crippen LogP contribution is 2.19. The van der Waals surface area contributed by atoms with Crippen molar-refractivity contribution >= 4 is 15.9 Å². The van der Waals surface area contributed by atoms with Crippen molar-refractivity contribution in [2.24, 2.45) is 0 Å². The molecule has 0 bridgehead atoms. The van der Waals surface area contributed by atoms with Crippen molar-refractivity contribution in [2.45, 2.75) is 18.0 Å². The third kappa shape index (κ3) is 3.17. The van der Waals surface area contributed by atoms with E-state index < -0.39 is 6.10 Å². The van der Waals surface area contributed by atoms with Gasteiger partial charge in [-0.25, -0.2) is 0 Å². The lowest BCUT2D eigenvalue weighted by Gasteiger charge is -2.12. The van der Waals surface area contributed by atoms with E-state index in [1.165, 1.54) is 0 Å². The van der Waals surface area contributed by atoms with E-state index in [4.69, 9.17) is 10.00 Å². The highest BCUT2D eigenvalue weighted by Gasteiger charge is 2.12. The molecule has 0 saturated heterocycles. The molecule has 0 spiro atoms. The first kappa shape index (κ1) is 10.2. The van der Waals surface area contributed by atoms with Gasteiger partial charge >= 0.3 is 0 Å². The minimum atomic E-state index is -0.490. The van der Waals surface area contributed by atoms with Gasteiger partial charge < -0.3 is 4.74 Å². The Hall–Kier alpha value is -0.850. The van der Waals surface area contributed by atoms with Gasteiger partial charge in [0.1, 0.15) is 5.01 Å². The second-order valence-corrected chi connectivity index (χ2v) is 3.89. The van der Waals surface area contributed by atoms with E-state index in [2.05, 4.69) is 22.0 Å². The minimum absolute atomic E-state index is 0.114. The molecule has 0 amide bonds. The molecule has 3 heteroatoms. The van der Waals surface area contributed by atoms with Gasteiger partial charge in [-0.3, -0.25) is 0 Å². The average molecular weight is 240 g/mol. The van der Waals surface area contributed by atoms with Crippen molar-refractivity contribution in [1.82, 2.24) is 0 Å². The van der Waals surface area contributed by atoms with Crippen LogP contribution in [0.3, 0.4) is 0 Å². The van der Waals surface area contributed by atoms with Crippen molar-refractivity contribution < 1.29 is 4.74 Å². The van der Waals surface area contributed by atoms with E-state index in [0.717, 1.165) is 5.56 Å². The van der Waals surface area contributed by atoms with Crippen molar-refractivity contribution in [3.63, 3.8) is 0 Å². The Labute approximate surface area is 86.3 Å². The molecule has 1 rings (SSSR count). The van der Waals surface area contributed by atoms with Crippen LogP contribution in [0.25, 0.3) is 0 Å². The molecule has 0 aromatic heterocycles. The van der Waals surface area contributed by atoms with Crippen LogP contribution in [0.15, 0.2) is 30.3 Å². The maximum absolute atomic E-state index is 8.83. The van der Waals surface area contributed by atoms with Crippen LogP contribution in [0.5, 0.6) is 0 Å². The van der Waals surface area contributed by atoms with Gasteiger partial charge in [0.2, 0.25) is 0 Å². The molecule has 1 aromatic carbocycles. The summed E-state index contributed by atoms with van der Waals surface area (Å²) < 4.78 is 5.34. The normalized spacial score (nSPS) is 14.5. The average Bonchev–Trinajstić information content (AvgIpc) is 2.15. The summed E-state index contributed by atoms with van der Waals surface area (Å²) >= 11 is 3.24. The fraction of sp³-hybridized carbons (Fsp3) is 0.300. The molecule has 0 aliphatic heterocycles. The van der Waals surface area contributed by atoms with E-state index in [-0.39, 0.29) is 5.01 Å². The highest BCUT2D eigenvalue weighted by molar-refractivity contribution is 9.09. The number of ether oxygens (including phenoxy) is 1. The van der Waals surface area contributed by atoms with Crippen molar-refractivity contribution in [3.05, 3.63) is 35.9 Å². The predicted molar refractivity (Wildman–Crippen MR) is 54.3 cm³/mol. The highest BCUT2D eigenvalue weighted by atomic mass is 79.9. The molecule has 0 aliphatic carbocycles. The van der Waals surface area contributed by atoms with Crippen LogP contribution in [-0.2, 0) is 4.74 Å². The molecule has 0 fully saturated rings. The Morgan fingerprint density at radius 2 is 2.00 bits per heavy atom. The standard InChI is InChI=1S/C10H10BrNO/c1-8(11)13-10(7-12)9-5-3-2-4-6-9/h2-6,8,10H,1H3. The fourth-order valence-corrected chi connectivity index (χ4v) is 1.21. The second kappa shape index (κ2) is 5.00. The summed E-state index contributed by atoms with van der Waals surface area (Å²) in [6, 6.07) is 11.5. The Balaban J connectivity index is 2.75. The third-order valence-electron chi connectivity index (χ3n) is 1.54. The van der Waals surface area contributed by atoms with Gasteiger partial charge in [0.15, 0.2) is 6.10 Å². The monoisotopic (exact) mass is 239 g/mol. The zero-order chi connectivity index (χ0) is 9.68. The smallest absolute Gasteiger partial charge is 0.170 e. The molecule has 0 saturated carbocycles. The van der Waals surface area contributed by atoms with Crippen LogP contribution in [0.1, 0.15) is 18.6 Å². The van der Waals surface area contributed by atoms with Gasteiger partial charge in [-0.05, 0) is 12.5 Å². The molecule has 2 unspecified atom stereocenters. The molecule has 0 heterocycles. The van der Waals surface area contributed by atoms with Gasteiger partial charge in [-0.2, -0.15) is 5.26 Å². The quantitative estimate of drug-likeness (QED) is 0.761. The summed E-state index contributed by atoms with van der Waals surface area (Å²) in [4.78, 5) is 0. The van der Waals surface area contributed by atoms with Crippen molar-refractivity contribution in [3.8, 4) is 6.07 Å². The Morgan fingerprint density at radius 3 is 2.46 bits per heavy atom. The summed E-state index contributed by atoms with van der Waals surface area (Å²) in [5.74, 6) is 0. The summed E-state index contributed by atoms with van der Waals surface area (Å²) in [7, 11) is 0. The second-order valence-electron chi connectivity index (χ2n) is 2.60. The predicted octanol–water partition coefficient (Wildman–Crippen LogP) is 3.01. The number of hydrogen-bond donors (Lipinski definition) is 0. The number of alkyl halides is 1. The summed E-state index contributed by atoms with van der Waals surface area (Å²) in [5, 5.41) is 8.72. The van der Waals surface area contributed by atoms with E-state index in [1.807, 2.05) is 37.3 Å². The van der Waals surface area contributed by atoms with Crippen LogP contribution in [0.2, 0.25) is 0 Å². The molecular weight excluding hydrogens is 230 g/mol. The SMILES string of the molecule is CC(Br)OC(C#N)c1ccccc1. The summed E-state index contributed by atoms with van der Waals surface area (Å²) in [6.45, 7) is 1.84. The molecule has 13 heavy (non-hydrogen) atoms. The number of nitriles is 1. The Kier molecular flexibility index (Phi) is 3.94. The molecule has 1 aromatic rings. The van der Waals surface area contributed by atoms with Gasteiger partial charge in [-0.15, -0.1) is 0 Å². The minimum Gasteiger partial charge on any atom is -0.344 e. The maximum atomic E-state index is 8.83. The first-order valence-corrected chi connectivity index (χ1v) is 4.89. The summed E-state index contributed by atoms with van der Waals surface area (Å²) in [5.41, 5.74) is 0.885. The van der Waals surface area contributed by atoms with E-state index in [0.29, 0.717) is 0 Å². The van der Waals surface area contributed by atoms with Gasteiger partial charge in [0.05, 0.1) is 6.07 Å². The molecule has 0 N–H and O–H groups in total. The lowest BCUT2D eigenvalue weighted by Crippen LogP contribution is -2.06. The van der Waals surface area contributed by atoms with Gasteiger partial charge in [-0.1, -0.05) is 46.3 Å². The van der Waals surface area contributed by atoms with E-state index in [9.17, 15) is 0 Å². The van der Waals surface area contributed by atoms with Crippen LogP contribution >= 0.6 is 15.9 Å². The van der Waals surface area contributed by atoms with Crippen LogP contribution in [-0.4, -0.2) is 5.01 Å². The zero-order valence-corrected chi connectivity index (χ0v) is 8.86. The van der Waals surface area contributed by atoms with Gasteiger partial charge in [0, 0.05) is 0 Å². The van der Waals surface area contributed by atoms with Crippen LogP contribution in [0.4, 0.5) is 0 Å². The molecular formula is C10H10BrNO. The molecule has 2 atom stereocenters. The number of benzene rings is 1. The Bertz CT molecular complexity index is 292. The fourth-order valence-electron chi connectivity index (χ4n) is 0.999. The van der Waals surface area contributed by atoms with E-state index >= 15 is 0 Å². The number of nitrogens with zero attached hydrogens (tertiary/aromatic N) is 1. The molecule has 0 radical (unpaired) electrons. The molecule has 0 aliphatic rings. The number of rotatable bonds is 3. The number of halogens is 1. The Morgan fingerprint density at radius 1 is 1.38 bits per heavy atom. The summed E-state index contributed by atoms with van der Waals surface area (Å²) in [6.07, 6.45) is -0.490. The first-order chi connectivity index (χ1) is 6.24. The lowest BCUT2D eigenvalue weighted by atomic mass is 10.1. The van der Waals surface area contributed by atoms with Crippen LogP contribution in [0, 0.1) is 11.3 Å². The zero-order valence-electron chi connectivity index (χ0n) is 7.27. The lowest BCUT2D eigenvalue weighted by molar-refractivity contribution is 0.0841. The molecule has 2 nitrogen and oxygen atoms in total.